The number of hydrogen-bond donors (Lipinski definition) is 3. The number of sulfonamides is 1. The highest BCUT2D eigenvalue weighted by molar-refractivity contribution is 7.94. The zero-order chi connectivity index (χ0) is 24.5. The number of aromatic carboxylic acids is 1. The number of thiophene rings is 1. The number of nitrogens with zero attached hydrogens (tertiary/aromatic N) is 2. The second-order valence-corrected chi connectivity index (χ2v) is 9.08. The fraction of sp³-hybridized carbons (Fsp3) is 0.389. The lowest BCUT2D eigenvalue weighted by atomic mass is 10.2. The molecule has 2 aromatic rings. The molecule has 2 rings (SSSR count). The molecule has 0 aliphatic carbocycles. The third kappa shape index (κ3) is 8.00. The van der Waals surface area contributed by atoms with E-state index in [4.69, 9.17) is 9.90 Å². The Morgan fingerprint density at radius 2 is 1.75 bits per heavy atom. The van der Waals surface area contributed by atoms with E-state index in [9.17, 15) is 31.5 Å². The van der Waals surface area contributed by atoms with Crippen molar-refractivity contribution < 1.29 is 41.4 Å². The van der Waals surface area contributed by atoms with Crippen LogP contribution in [0.5, 0.6) is 0 Å². The number of alkyl halides is 3. The van der Waals surface area contributed by atoms with Gasteiger partial charge in [0.25, 0.3) is 10.0 Å². The highest BCUT2D eigenvalue weighted by Crippen LogP contribution is 2.25. The van der Waals surface area contributed by atoms with Crippen LogP contribution in [0.2, 0.25) is 0 Å². The molecule has 9 nitrogen and oxygen atoms in total. The molecule has 0 atom stereocenters. The molecule has 0 aliphatic heterocycles. The number of rotatable bonds is 9. The summed E-state index contributed by atoms with van der Waals surface area (Å²) >= 11 is 1.09. The second-order valence-electron chi connectivity index (χ2n) is 6.23. The lowest BCUT2D eigenvalue weighted by Gasteiger charge is -2.24. The first kappa shape index (κ1) is 27.2. The minimum atomic E-state index is -5.08. The molecule has 3 N–H and O–H groups in total. The van der Waals surface area contributed by atoms with Gasteiger partial charge in [-0.05, 0) is 30.4 Å². The summed E-state index contributed by atoms with van der Waals surface area (Å²) in [5.74, 6) is -3.54. The fourth-order valence-corrected chi connectivity index (χ4v) is 4.44. The normalized spacial score (nSPS) is 11.3. The van der Waals surface area contributed by atoms with Crippen molar-refractivity contribution in [1.82, 2.24) is 4.98 Å². The Kier molecular flexibility index (Phi) is 9.90. The Bertz CT molecular complexity index is 1010. The third-order valence-electron chi connectivity index (χ3n) is 3.64. The van der Waals surface area contributed by atoms with Gasteiger partial charge < -0.3 is 15.1 Å². The Labute approximate surface area is 186 Å². The molecule has 0 amide bonds. The molecule has 0 spiro atoms. The highest BCUT2D eigenvalue weighted by atomic mass is 32.2. The summed E-state index contributed by atoms with van der Waals surface area (Å²) in [5, 5.41) is 18.3. The first-order chi connectivity index (χ1) is 14.8. The van der Waals surface area contributed by atoms with E-state index >= 15 is 0 Å². The van der Waals surface area contributed by atoms with Crippen LogP contribution in [-0.2, 0) is 14.8 Å². The molecule has 0 fully saturated rings. The van der Waals surface area contributed by atoms with E-state index in [1.165, 1.54) is 18.3 Å². The summed E-state index contributed by atoms with van der Waals surface area (Å²) in [6, 6.07) is 4.43. The monoisotopic (exact) mass is 497 g/mol. The van der Waals surface area contributed by atoms with Gasteiger partial charge in [-0.2, -0.15) is 13.2 Å². The molecule has 2 aromatic heterocycles. The predicted molar refractivity (Wildman–Crippen MR) is 113 cm³/mol. The zero-order valence-corrected chi connectivity index (χ0v) is 18.7. The summed E-state index contributed by atoms with van der Waals surface area (Å²) in [5.41, 5.74) is 0.107. The Hall–Kier alpha value is -2.87. The number of pyridine rings is 1. The van der Waals surface area contributed by atoms with Crippen LogP contribution in [0.25, 0.3) is 0 Å². The molecule has 2 heterocycles. The van der Waals surface area contributed by atoms with Crippen molar-refractivity contribution in [3.63, 3.8) is 0 Å². The van der Waals surface area contributed by atoms with Gasteiger partial charge in [0, 0.05) is 13.1 Å². The molecule has 0 saturated heterocycles. The van der Waals surface area contributed by atoms with Gasteiger partial charge in [-0.25, -0.2) is 23.0 Å². The highest BCUT2D eigenvalue weighted by Gasteiger charge is 2.38. The maximum absolute atomic E-state index is 12.3. The molecule has 0 aromatic carbocycles. The van der Waals surface area contributed by atoms with Gasteiger partial charge in [0.15, 0.2) is 0 Å². The van der Waals surface area contributed by atoms with Gasteiger partial charge in [0.05, 0.1) is 11.9 Å². The largest absolute Gasteiger partial charge is 0.490 e. The Morgan fingerprint density at radius 1 is 1.19 bits per heavy atom. The summed E-state index contributed by atoms with van der Waals surface area (Å²) in [6.07, 6.45) is -2.02. The van der Waals surface area contributed by atoms with Crippen LogP contribution in [0.4, 0.5) is 24.7 Å². The average Bonchev–Trinajstić information content (AvgIpc) is 3.23. The number of carbonyl (C=O) groups is 2. The van der Waals surface area contributed by atoms with Gasteiger partial charge in [0.1, 0.15) is 15.6 Å². The maximum atomic E-state index is 12.3. The Morgan fingerprint density at radius 3 is 2.16 bits per heavy atom. The molecule has 0 radical (unpaired) electrons. The number of hydrogen-bond acceptors (Lipinski definition) is 7. The van der Waals surface area contributed by atoms with E-state index in [1.54, 1.807) is 11.4 Å². The molecule has 0 unspecified atom stereocenters. The van der Waals surface area contributed by atoms with Crippen molar-refractivity contribution in [2.75, 3.05) is 22.7 Å². The quantitative estimate of drug-likeness (QED) is 0.474. The predicted octanol–water partition coefficient (Wildman–Crippen LogP) is 3.90. The first-order valence-corrected chi connectivity index (χ1v) is 11.5. The number of nitrogens with one attached hydrogen (secondary N) is 1. The lowest BCUT2D eigenvalue weighted by Crippen LogP contribution is -2.28. The lowest BCUT2D eigenvalue weighted by molar-refractivity contribution is -0.192. The van der Waals surface area contributed by atoms with Gasteiger partial charge in [-0.1, -0.05) is 19.9 Å². The third-order valence-corrected chi connectivity index (χ3v) is 6.42. The Balaban J connectivity index is 0.000000633. The van der Waals surface area contributed by atoms with E-state index in [0.717, 1.165) is 24.2 Å². The topological polar surface area (TPSA) is 137 Å². The number of carboxylic acid groups (broad SMARTS) is 2. The minimum absolute atomic E-state index is 0.0201. The SMILES string of the molecule is CCCN(CCC)c1ncc(NS(=O)(=O)c2cccs2)cc1C(=O)O.O=C(O)C(F)(F)F. The van der Waals surface area contributed by atoms with E-state index in [-0.39, 0.29) is 15.5 Å². The van der Waals surface area contributed by atoms with Crippen LogP contribution >= 0.6 is 11.3 Å². The van der Waals surface area contributed by atoms with Crippen LogP contribution in [0.1, 0.15) is 37.0 Å². The van der Waals surface area contributed by atoms with E-state index in [1.807, 2.05) is 18.7 Å². The van der Waals surface area contributed by atoms with Crippen molar-refractivity contribution in [2.45, 2.75) is 37.1 Å². The molecule has 0 bridgehead atoms. The van der Waals surface area contributed by atoms with E-state index < -0.39 is 28.1 Å². The van der Waals surface area contributed by atoms with Gasteiger partial charge >= 0.3 is 18.1 Å². The van der Waals surface area contributed by atoms with Crippen molar-refractivity contribution >= 4 is 44.8 Å². The zero-order valence-electron chi connectivity index (χ0n) is 17.1. The number of aromatic nitrogens is 1. The molecule has 32 heavy (non-hydrogen) atoms. The summed E-state index contributed by atoms with van der Waals surface area (Å²) in [4.78, 5) is 26.7. The summed E-state index contributed by atoms with van der Waals surface area (Å²) in [7, 11) is -3.74. The van der Waals surface area contributed by atoms with Crippen LogP contribution in [-0.4, -0.2) is 54.8 Å². The molecule has 0 aliphatic rings. The van der Waals surface area contributed by atoms with Crippen molar-refractivity contribution in [2.24, 2.45) is 0 Å². The van der Waals surface area contributed by atoms with Gasteiger partial charge in [0.2, 0.25) is 0 Å². The van der Waals surface area contributed by atoms with Gasteiger partial charge in [-0.3, -0.25) is 4.72 Å². The number of carboxylic acids is 2. The fourth-order valence-electron chi connectivity index (χ4n) is 2.41. The molecule has 14 heteroatoms. The standard InChI is InChI=1S/C16H21N3O4S2.C2HF3O2/c1-3-7-19(8-4-2)15-13(16(20)21)10-12(11-17-15)18-25(22,23)14-6-5-9-24-14;3-2(4,5)1(6)7/h5-6,9-11,18H,3-4,7-8H2,1-2H3,(H,20,21);(H,6,7). The molecular formula is C18H22F3N3O6S2. The first-order valence-electron chi connectivity index (χ1n) is 9.18. The van der Waals surface area contributed by atoms with Crippen LogP contribution in [0.15, 0.2) is 34.0 Å². The summed E-state index contributed by atoms with van der Waals surface area (Å²) < 4.78 is 58.8. The van der Waals surface area contributed by atoms with Crippen molar-refractivity contribution in [3.8, 4) is 0 Å². The number of anilines is 2. The number of halogens is 3. The maximum Gasteiger partial charge on any atom is 0.490 e. The molecular weight excluding hydrogens is 475 g/mol. The van der Waals surface area contributed by atoms with E-state index in [2.05, 4.69) is 9.71 Å². The van der Waals surface area contributed by atoms with Crippen molar-refractivity contribution in [1.29, 1.82) is 0 Å². The van der Waals surface area contributed by atoms with Crippen molar-refractivity contribution in [3.05, 3.63) is 35.3 Å². The minimum Gasteiger partial charge on any atom is -0.478 e. The molecule has 0 saturated carbocycles. The average molecular weight is 498 g/mol. The number of aliphatic carboxylic acids is 1. The smallest absolute Gasteiger partial charge is 0.478 e. The van der Waals surface area contributed by atoms with Gasteiger partial charge in [-0.15, -0.1) is 11.3 Å². The second kappa shape index (κ2) is 11.7. The van der Waals surface area contributed by atoms with Crippen LogP contribution < -0.4 is 9.62 Å². The van der Waals surface area contributed by atoms with E-state index in [0.29, 0.717) is 18.9 Å². The van der Waals surface area contributed by atoms with Crippen LogP contribution in [0, 0.1) is 0 Å². The molecule has 178 valence electrons. The summed E-state index contributed by atoms with van der Waals surface area (Å²) in [6.45, 7) is 5.38. The van der Waals surface area contributed by atoms with Crippen LogP contribution in [0.3, 0.4) is 0 Å².